The van der Waals surface area contributed by atoms with Crippen molar-refractivity contribution in [3.8, 4) is 0 Å². The fraction of sp³-hybridized carbons (Fsp3) is 0.833. The van der Waals surface area contributed by atoms with Crippen molar-refractivity contribution >= 4 is 17.4 Å². The van der Waals surface area contributed by atoms with E-state index in [1.807, 2.05) is 0 Å². The normalized spacial score (nSPS) is 16.9. The summed E-state index contributed by atoms with van der Waals surface area (Å²) < 4.78 is 12.0. The maximum Gasteiger partial charge on any atom is 0.153 e. The topological polar surface area (TPSA) is 17.1 Å². The van der Waals surface area contributed by atoms with E-state index in [-0.39, 0.29) is 12.2 Å². The Morgan fingerprint density at radius 1 is 1.67 bits per heavy atom. The van der Waals surface area contributed by atoms with Gasteiger partial charge in [0.2, 0.25) is 0 Å². The summed E-state index contributed by atoms with van der Waals surface area (Å²) in [5.41, 5.74) is 0. The first-order chi connectivity index (χ1) is 4.04. The molecule has 0 N–H and O–H groups in total. The lowest BCUT2D eigenvalue weighted by Gasteiger charge is -2.01. The van der Waals surface area contributed by atoms with E-state index >= 15 is 0 Å². The number of carbonyl (C=O) groups excluding carboxylic acids is 1. The number of Topliss-reactive ketones (excluding diaryl/α,β-unsaturated/α-hetero) is 1. The van der Waals surface area contributed by atoms with Crippen LogP contribution in [0.4, 0.5) is 4.39 Å². The molecule has 0 spiro atoms. The van der Waals surface area contributed by atoms with Crippen LogP contribution in [0.25, 0.3) is 0 Å². The maximum absolute atomic E-state index is 12.0. The summed E-state index contributed by atoms with van der Waals surface area (Å²) in [6, 6.07) is 0. The molecule has 0 fully saturated rings. The maximum atomic E-state index is 12.0. The fourth-order valence-corrected chi connectivity index (χ4v) is 0.529. The van der Waals surface area contributed by atoms with Gasteiger partial charge in [0.05, 0.1) is 5.38 Å². The van der Waals surface area contributed by atoms with Gasteiger partial charge < -0.3 is 0 Å². The lowest BCUT2D eigenvalue weighted by molar-refractivity contribution is -0.119. The Hall–Kier alpha value is -0.110. The minimum atomic E-state index is -1.07. The highest BCUT2D eigenvalue weighted by atomic mass is 35.5. The quantitative estimate of drug-likeness (QED) is 0.565. The molecule has 0 saturated heterocycles. The van der Waals surface area contributed by atoms with E-state index in [1.165, 1.54) is 6.92 Å². The zero-order valence-electron chi connectivity index (χ0n) is 5.53. The van der Waals surface area contributed by atoms with Crippen LogP contribution < -0.4 is 0 Å². The second-order valence-corrected chi connectivity index (χ2v) is 2.72. The van der Waals surface area contributed by atoms with Crippen molar-refractivity contribution < 1.29 is 9.18 Å². The van der Waals surface area contributed by atoms with Crippen molar-refractivity contribution in [3.63, 3.8) is 0 Å². The molecular weight excluding hydrogens is 143 g/mol. The standard InChI is InChI=1S/C6H10ClFO/c1-4(8)3-6(9)5(2)7/h4-5H,3H2,1-2H3. The van der Waals surface area contributed by atoms with Gasteiger partial charge in [0.1, 0.15) is 6.17 Å². The molecule has 0 aliphatic heterocycles. The number of carbonyl (C=O) groups is 1. The van der Waals surface area contributed by atoms with E-state index in [0.29, 0.717) is 0 Å². The van der Waals surface area contributed by atoms with Crippen molar-refractivity contribution in [2.45, 2.75) is 31.8 Å². The van der Waals surface area contributed by atoms with E-state index in [0.717, 1.165) is 0 Å². The number of alkyl halides is 2. The van der Waals surface area contributed by atoms with Crippen molar-refractivity contribution in [1.82, 2.24) is 0 Å². The minimum Gasteiger partial charge on any atom is -0.298 e. The second kappa shape index (κ2) is 3.83. The Labute approximate surface area is 59.2 Å². The Morgan fingerprint density at radius 3 is 2.22 bits per heavy atom. The molecule has 0 heterocycles. The Bertz CT molecular complexity index is 101. The Balaban J connectivity index is 3.51. The molecule has 54 valence electrons. The van der Waals surface area contributed by atoms with Crippen LogP contribution in [0, 0.1) is 0 Å². The summed E-state index contributed by atoms with van der Waals surface area (Å²) in [5, 5.41) is -0.553. The van der Waals surface area contributed by atoms with E-state index < -0.39 is 11.5 Å². The molecule has 0 aromatic rings. The minimum absolute atomic E-state index is 0.0648. The predicted octanol–water partition coefficient (Wildman–Crippen LogP) is 1.93. The van der Waals surface area contributed by atoms with E-state index in [1.54, 1.807) is 6.92 Å². The average molecular weight is 153 g/mol. The summed E-state index contributed by atoms with van der Waals surface area (Å²) in [6.07, 6.45) is -1.14. The van der Waals surface area contributed by atoms with Gasteiger partial charge in [-0.15, -0.1) is 11.6 Å². The average Bonchev–Trinajstić information content (AvgIpc) is 1.63. The third-order valence-corrected chi connectivity index (χ3v) is 1.17. The first-order valence-corrected chi connectivity index (χ1v) is 3.28. The lowest BCUT2D eigenvalue weighted by atomic mass is 10.2. The first kappa shape index (κ1) is 8.89. The van der Waals surface area contributed by atoms with Crippen LogP contribution in [0.15, 0.2) is 0 Å². The van der Waals surface area contributed by atoms with Gasteiger partial charge in [-0.1, -0.05) is 0 Å². The van der Waals surface area contributed by atoms with Crippen LogP contribution in [-0.2, 0) is 4.79 Å². The summed E-state index contributed by atoms with van der Waals surface area (Å²) in [6.45, 7) is 2.89. The lowest BCUT2D eigenvalue weighted by Crippen LogP contribution is -2.14. The molecule has 3 heteroatoms. The van der Waals surface area contributed by atoms with Gasteiger partial charge in [0.15, 0.2) is 5.78 Å². The van der Waals surface area contributed by atoms with Gasteiger partial charge >= 0.3 is 0 Å². The summed E-state index contributed by atoms with van der Waals surface area (Å²) in [7, 11) is 0. The van der Waals surface area contributed by atoms with Crippen LogP contribution in [0.2, 0.25) is 0 Å². The van der Waals surface area contributed by atoms with Crippen molar-refractivity contribution in [2.75, 3.05) is 0 Å². The molecule has 0 bridgehead atoms. The fourth-order valence-electron chi connectivity index (χ4n) is 0.440. The van der Waals surface area contributed by atoms with Crippen LogP contribution in [0.3, 0.4) is 0 Å². The number of rotatable bonds is 3. The number of ketones is 1. The highest BCUT2D eigenvalue weighted by Crippen LogP contribution is 2.04. The van der Waals surface area contributed by atoms with Crippen LogP contribution in [-0.4, -0.2) is 17.3 Å². The van der Waals surface area contributed by atoms with Gasteiger partial charge in [-0.2, -0.15) is 0 Å². The molecule has 2 unspecified atom stereocenters. The van der Waals surface area contributed by atoms with Gasteiger partial charge in [0.25, 0.3) is 0 Å². The largest absolute Gasteiger partial charge is 0.298 e. The highest BCUT2D eigenvalue weighted by molar-refractivity contribution is 6.30. The Kier molecular flexibility index (Phi) is 3.78. The molecule has 0 aliphatic rings. The van der Waals surface area contributed by atoms with Gasteiger partial charge in [-0.05, 0) is 13.8 Å². The molecule has 9 heavy (non-hydrogen) atoms. The van der Waals surface area contributed by atoms with Gasteiger partial charge in [-0.25, -0.2) is 4.39 Å². The van der Waals surface area contributed by atoms with Crippen LogP contribution >= 0.6 is 11.6 Å². The number of hydrogen-bond acceptors (Lipinski definition) is 1. The Morgan fingerprint density at radius 2 is 2.11 bits per heavy atom. The summed E-state index contributed by atoms with van der Waals surface area (Å²) in [4.78, 5) is 10.6. The number of hydrogen-bond donors (Lipinski definition) is 0. The zero-order chi connectivity index (χ0) is 7.44. The van der Waals surface area contributed by atoms with E-state index in [2.05, 4.69) is 0 Å². The molecular formula is C6H10ClFO. The summed E-state index contributed by atoms with van der Waals surface area (Å²) >= 11 is 5.36. The van der Waals surface area contributed by atoms with Crippen molar-refractivity contribution in [1.29, 1.82) is 0 Å². The van der Waals surface area contributed by atoms with Crippen molar-refractivity contribution in [2.24, 2.45) is 0 Å². The third kappa shape index (κ3) is 4.40. The van der Waals surface area contributed by atoms with E-state index in [9.17, 15) is 9.18 Å². The van der Waals surface area contributed by atoms with E-state index in [4.69, 9.17) is 11.6 Å². The third-order valence-electron chi connectivity index (χ3n) is 0.926. The van der Waals surface area contributed by atoms with Gasteiger partial charge in [0, 0.05) is 6.42 Å². The summed E-state index contributed by atoms with van der Waals surface area (Å²) in [5.74, 6) is -0.230. The second-order valence-electron chi connectivity index (χ2n) is 2.07. The van der Waals surface area contributed by atoms with Gasteiger partial charge in [-0.3, -0.25) is 4.79 Å². The van der Waals surface area contributed by atoms with Crippen LogP contribution in [0.5, 0.6) is 0 Å². The molecule has 0 aromatic carbocycles. The first-order valence-electron chi connectivity index (χ1n) is 2.85. The molecule has 0 radical (unpaired) electrons. The SMILES string of the molecule is CC(F)CC(=O)C(C)Cl. The molecule has 2 atom stereocenters. The molecule has 0 aliphatic carbocycles. The molecule has 0 saturated carbocycles. The predicted molar refractivity (Wildman–Crippen MR) is 35.5 cm³/mol. The molecule has 1 nitrogen and oxygen atoms in total. The molecule has 0 aromatic heterocycles. The van der Waals surface area contributed by atoms with Crippen LogP contribution in [0.1, 0.15) is 20.3 Å². The van der Waals surface area contributed by atoms with Crippen molar-refractivity contribution in [3.05, 3.63) is 0 Å². The molecule has 0 rings (SSSR count). The number of halogens is 2. The monoisotopic (exact) mass is 152 g/mol. The molecule has 0 amide bonds. The zero-order valence-corrected chi connectivity index (χ0v) is 6.28. The highest BCUT2D eigenvalue weighted by Gasteiger charge is 2.12. The smallest absolute Gasteiger partial charge is 0.153 e.